The maximum atomic E-state index is 12.6. The Hall–Kier alpha value is -2.34. The van der Waals surface area contributed by atoms with Crippen molar-refractivity contribution in [3.63, 3.8) is 0 Å². The molecular weight excluding hydrogens is 326 g/mol. The van der Waals surface area contributed by atoms with Crippen LogP contribution in [0.3, 0.4) is 0 Å². The molecule has 0 saturated carbocycles. The van der Waals surface area contributed by atoms with Gasteiger partial charge in [-0.1, -0.05) is 23.7 Å². The fourth-order valence-electron chi connectivity index (χ4n) is 2.61. The minimum absolute atomic E-state index is 0.0201. The van der Waals surface area contributed by atoms with Crippen LogP contribution < -0.4 is 10.9 Å². The predicted octanol–water partition coefficient (Wildman–Crippen LogP) is 3.54. The molecule has 24 heavy (non-hydrogen) atoms. The number of benzene rings is 1. The lowest BCUT2D eigenvalue weighted by molar-refractivity contribution is 0.546. The molecule has 1 N–H and O–H groups in total. The first-order valence-electron chi connectivity index (χ1n) is 7.84. The van der Waals surface area contributed by atoms with Gasteiger partial charge >= 0.3 is 0 Å². The molecule has 0 aliphatic heterocycles. The number of nitrogens with one attached hydrogen (secondary N) is 1. The molecule has 1 atom stereocenters. The molecule has 1 aromatic carbocycles. The van der Waals surface area contributed by atoms with Crippen molar-refractivity contribution in [2.45, 2.75) is 32.9 Å². The molecule has 0 aliphatic rings. The zero-order chi connectivity index (χ0) is 17.4. The molecule has 0 aliphatic carbocycles. The van der Waals surface area contributed by atoms with Gasteiger partial charge in [-0.3, -0.25) is 9.36 Å². The first-order valence-corrected chi connectivity index (χ1v) is 8.22. The summed E-state index contributed by atoms with van der Waals surface area (Å²) in [4.78, 5) is 17.2. The normalized spacial score (nSPS) is 12.8. The Labute approximate surface area is 145 Å². The molecule has 0 saturated heterocycles. The van der Waals surface area contributed by atoms with E-state index in [0.29, 0.717) is 22.0 Å². The average molecular weight is 346 g/mol. The summed E-state index contributed by atoms with van der Waals surface area (Å²) < 4.78 is 3.27. The van der Waals surface area contributed by atoms with Crippen molar-refractivity contribution < 1.29 is 0 Å². The maximum absolute atomic E-state index is 12.6. The number of aromatic nitrogens is 4. The van der Waals surface area contributed by atoms with E-state index < -0.39 is 0 Å². The Morgan fingerprint density at radius 1 is 1.17 bits per heavy atom. The summed E-state index contributed by atoms with van der Waals surface area (Å²) in [6, 6.07) is 7.71. The summed E-state index contributed by atoms with van der Waals surface area (Å²) in [6.07, 6.45) is 1.58. The van der Waals surface area contributed by atoms with Crippen LogP contribution in [-0.2, 0) is 7.05 Å². The van der Waals surface area contributed by atoms with Gasteiger partial charge < -0.3 is 5.32 Å². The van der Waals surface area contributed by atoms with Gasteiger partial charge in [-0.25, -0.2) is 4.68 Å². The number of halogens is 1. The first-order chi connectivity index (χ1) is 11.4. The van der Waals surface area contributed by atoms with Crippen LogP contribution in [0.2, 0.25) is 5.02 Å². The van der Waals surface area contributed by atoms with Crippen molar-refractivity contribution in [3.05, 3.63) is 51.4 Å². The third kappa shape index (κ3) is 2.89. The molecule has 0 bridgehead atoms. The predicted molar refractivity (Wildman–Crippen MR) is 96.6 cm³/mol. The molecule has 2 heterocycles. The fourth-order valence-corrected chi connectivity index (χ4v) is 2.73. The molecule has 126 valence electrons. The van der Waals surface area contributed by atoms with Crippen LogP contribution >= 0.6 is 11.6 Å². The van der Waals surface area contributed by atoms with E-state index in [2.05, 4.69) is 15.4 Å². The van der Waals surface area contributed by atoms with Crippen molar-refractivity contribution in [1.82, 2.24) is 19.3 Å². The smallest absolute Gasteiger partial charge is 0.265 e. The van der Waals surface area contributed by atoms with Crippen LogP contribution in [0.5, 0.6) is 0 Å². The topological polar surface area (TPSA) is 64.7 Å². The standard InChI is InChI=1S/C17H20ClN5O/c1-10(2)23-15-14(9-19-23)16(24)22(4)17(21-15)20-11(3)12-5-7-13(18)8-6-12/h5-11H,1-4H3,(H,20,21)/t11-/m1/s1. The van der Waals surface area contributed by atoms with Gasteiger partial charge in [0.1, 0.15) is 5.39 Å². The number of anilines is 1. The van der Waals surface area contributed by atoms with Crippen molar-refractivity contribution in [3.8, 4) is 0 Å². The van der Waals surface area contributed by atoms with Crippen LogP contribution in [-0.4, -0.2) is 19.3 Å². The minimum Gasteiger partial charge on any atom is -0.349 e. The zero-order valence-electron chi connectivity index (χ0n) is 14.1. The molecule has 0 spiro atoms. The number of rotatable bonds is 4. The Kier molecular flexibility index (Phi) is 4.32. The number of hydrogen-bond donors (Lipinski definition) is 1. The molecular formula is C17H20ClN5O. The molecule has 0 radical (unpaired) electrons. The van der Waals surface area contributed by atoms with Crippen LogP contribution in [0, 0.1) is 0 Å². The van der Waals surface area contributed by atoms with Gasteiger partial charge in [0, 0.05) is 18.1 Å². The van der Waals surface area contributed by atoms with E-state index in [1.165, 1.54) is 4.57 Å². The zero-order valence-corrected chi connectivity index (χ0v) is 14.9. The summed E-state index contributed by atoms with van der Waals surface area (Å²) >= 11 is 5.93. The lowest BCUT2D eigenvalue weighted by atomic mass is 10.1. The third-order valence-corrected chi connectivity index (χ3v) is 4.29. The minimum atomic E-state index is -0.113. The summed E-state index contributed by atoms with van der Waals surface area (Å²) in [5.41, 5.74) is 1.54. The molecule has 6 nitrogen and oxygen atoms in total. The Bertz CT molecular complexity index is 927. The quantitative estimate of drug-likeness (QED) is 0.785. The van der Waals surface area contributed by atoms with Crippen molar-refractivity contribution >= 4 is 28.6 Å². The third-order valence-electron chi connectivity index (χ3n) is 4.04. The summed E-state index contributed by atoms with van der Waals surface area (Å²) in [5, 5.41) is 8.80. The van der Waals surface area contributed by atoms with Gasteiger partial charge in [-0.15, -0.1) is 0 Å². The molecule has 3 aromatic rings. The SMILES string of the molecule is CC(C)n1ncc2c(=O)n(C)c(N[C@H](C)c3ccc(Cl)cc3)nc21. The lowest BCUT2D eigenvalue weighted by Gasteiger charge is -2.17. The highest BCUT2D eigenvalue weighted by Gasteiger charge is 2.16. The Balaban J connectivity index is 2.02. The molecule has 0 amide bonds. The van der Waals surface area contributed by atoms with E-state index in [1.807, 2.05) is 45.0 Å². The van der Waals surface area contributed by atoms with Gasteiger partial charge in [0.05, 0.1) is 12.2 Å². The summed E-state index contributed by atoms with van der Waals surface area (Å²) in [6.45, 7) is 6.03. The van der Waals surface area contributed by atoms with Crippen LogP contribution in [0.25, 0.3) is 11.0 Å². The summed E-state index contributed by atoms with van der Waals surface area (Å²) in [5.74, 6) is 0.511. The highest BCUT2D eigenvalue weighted by molar-refractivity contribution is 6.30. The lowest BCUT2D eigenvalue weighted by Crippen LogP contribution is -2.23. The van der Waals surface area contributed by atoms with Crippen LogP contribution in [0.15, 0.2) is 35.3 Å². The van der Waals surface area contributed by atoms with Crippen molar-refractivity contribution in [1.29, 1.82) is 0 Å². The second-order valence-corrected chi connectivity index (χ2v) is 6.57. The number of fused-ring (bicyclic) bond motifs is 1. The van der Waals surface area contributed by atoms with E-state index in [1.54, 1.807) is 17.9 Å². The van der Waals surface area contributed by atoms with Gasteiger partial charge in [0.2, 0.25) is 5.95 Å². The van der Waals surface area contributed by atoms with Crippen LogP contribution in [0.1, 0.15) is 38.4 Å². The van der Waals surface area contributed by atoms with Crippen LogP contribution in [0.4, 0.5) is 5.95 Å². The van der Waals surface area contributed by atoms with Gasteiger partial charge in [-0.05, 0) is 38.5 Å². The summed E-state index contributed by atoms with van der Waals surface area (Å²) in [7, 11) is 1.71. The second-order valence-electron chi connectivity index (χ2n) is 6.14. The van der Waals surface area contributed by atoms with Gasteiger partial charge in [0.25, 0.3) is 5.56 Å². The first kappa shape index (κ1) is 16.5. The number of nitrogens with zero attached hydrogens (tertiary/aromatic N) is 4. The Morgan fingerprint density at radius 2 is 1.83 bits per heavy atom. The van der Waals surface area contributed by atoms with Gasteiger partial charge in [-0.2, -0.15) is 10.1 Å². The molecule has 0 fully saturated rings. The Morgan fingerprint density at radius 3 is 2.46 bits per heavy atom. The fraction of sp³-hybridized carbons (Fsp3) is 0.353. The number of hydrogen-bond acceptors (Lipinski definition) is 4. The van der Waals surface area contributed by atoms with E-state index in [-0.39, 0.29) is 17.6 Å². The van der Waals surface area contributed by atoms with E-state index >= 15 is 0 Å². The second kappa shape index (κ2) is 6.28. The van der Waals surface area contributed by atoms with E-state index in [4.69, 9.17) is 11.6 Å². The molecule has 0 unspecified atom stereocenters. The van der Waals surface area contributed by atoms with E-state index in [9.17, 15) is 4.79 Å². The highest BCUT2D eigenvalue weighted by atomic mass is 35.5. The molecule has 7 heteroatoms. The maximum Gasteiger partial charge on any atom is 0.265 e. The average Bonchev–Trinajstić information content (AvgIpc) is 2.97. The van der Waals surface area contributed by atoms with Crippen molar-refractivity contribution in [2.75, 3.05) is 5.32 Å². The molecule has 2 aromatic heterocycles. The molecule has 3 rings (SSSR count). The van der Waals surface area contributed by atoms with E-state index in [0.717, 1.165) is 5.56 Å². The van der Waals surface area contributed by atoms with Gasteiger partial charge in [0.15, 0.2) is 5.65 Å². The van der Waals surface area contributed by atoms with Crippen molar-refractivity contribution in [2.24, 2.45) is 7.05 Å². The monoisotopic (exact) mass is 345 g/mol. The largest absolute Gasteiger partial charge is 0.349 e. The highest BCUT2D eigenvalue weighted by Crippen LogP contribution is 2.21.